The summed E-state index contributed by atoms with van der Waals surface area (Å²) in [6.07, 6.45) is -2.00. The fourth-order valence-electron chi connectivity index (χ4n) is 4.30. The standard InChI is InChI=1S/C23H31F3N4O3S/c1-13(2)12-30(16-5-7-17(31)8-6-16)19-9-4-15(14(3)10-20(32)33)11-18(19)27-22-28-21(29-34-22)23(24,25)26/h4,9,11,13-14,16-17,31H,5-8,10,12H2,1-3H3,(H,32,33)(H,27,28,29)/t14-,16-,17+/m1/s1. The lowest BCUT2D eigenvalue weighted by molar-refractivity contribution is -0.144. The van der Waals surface area contributed by atoms with E-state index in [-0.39, 0.29) is 29.6 Å². The molecule has 2 aromatic rings. The number of nitrogens with zero attached hydrogens (tertiary/aromatic N) is 3. The molecule has 188 valence electrons. The third-order valence-corrected chi connectivity index (χ3v) is 6.60. The van der Waals surface area contributed by atoms with Crippen molar-refractivity contribution in [1.82, 2.24) is 9.36 Å². The molecule has 1 fully saturated rings. The van der Waals surface area contributed by atoms with Crippen LogP contribution in [0.5, 0.6) is 0 Å². The van der Waals surface area contributed by atoms with Crippen LogP contribution in [0.2, 0.25) is 0 Å². The Labute approximate surface area is 201 Å². The van der Waals surface area contributed by atoms with Gasteiger partial charge < -0.3 is 20.4 Å². The number of carboxylic acids is 1. The minimum Gasteiger partial charge on any atom is -0.481 e. The lowest BCUT2D eigenvalue weighted by Crippen LogP contribution is -2.41. The van der Waals surface area contributed by atoms with Crippen molar-refractivity contribution in [3.05, 3.63) is 29.6 Å². The SMILES string of the molecule is CC(C)CN(c1ccc([C@H](C)CC(=O)O)cc1Nc1nc(C(F)(F)F)ns1)[C@H]1CC[C@@H](O)CC1. The van der Waals surface area contributed by atoms with Crippen LogP contribution in [0.15, 0.2) is 18.2 Å². The van der Waals surface area contributed by atoms with Gasteiger partial charge in [-0.2, -0.15) is 22.5 Å². The molecule has 0 aliphatic heterocycles. The van der Waals surface area contributed by atoms with Crippen LogP contribution >= 0.6 is 11.5 Å². The topological polar surface area (TPSA) is 98.6 Å². The summed E-state index contributed by atoms with van der Waals surface area (Å²) in [7, 11) is 0. The summed E-state index contributed by atoms with van der Waals surface area (Å²) in [6.45, 7) is 6.72. The van der Waals surface area contributed by atoms with Gasteiger partial charge in [0.2, 0.25) is 11.0 Å². The van der Waals surface area contributed by atoms with E-state index in [4.69, 9.17) is 0 Å². The minimum atomic E-state index is -4.64. The molecule has 1 saturated carbocycles. The number of nitrogens with one attached hydrogen (secondary N) is 1. The number of benzene rings is 1. The number of carboxylic acid groups (broad SMARTS) is 1. The second-order valence-corrected chi connectivity index (χ2v) is 10.1. The van der Waals surface area contributed by atoms with Crippen LogP contribution in [0.25, 0.3) is 0 Å². The van der Waals surface area contributed by atoms with Gasteiger partial charge in [0.15, 0.2) is 0 Å². The Hall–Kier alpha value is -2.40. The summed E-state index contributed by atoms with van der Waals surface area (Å²) < 4.78 is 42.5. The molecule has 0 spiro atoms. The number of alkyl halides is 3. The molecule has 34 heavy (non-hydrogen) atoms. The summed E-state index contributed by atoms with van der Waals surface area (Å²) in [6, 6.07) is 5.74. The number of aliphatic hydroxyl groups excluding tert-OH is 1. The number of carbonyl (C=O) groups is 1. The number of aliphatic hydroxyl groups is 1. The fourth-order valence-corrected chi connectivity index (χ4v) is 4.90. The van der Waals surface area contributed by atoms with E-state index >= 15 is 0 Å². The number of aromatic nitrogens is 2. The van der Waals surface area contributed by atoms with Crippen LogP contribution < -0.4 is 10.2 Å². The number of hydrogen-bond donors (Lipinski definition) is 3. The zero-order chi connectivity index (χ0) is 25.0. The molecule has 0 amide bonds. The van der Waals surface area contributed by atoms with Crippen molar-refractivity contribution in [1.29, 1.82) is 0 Å². The first kappa shape index (κ1) is 26.2. The van der Waals surface area contributed by atoms with E-state index in [1.165, 1.54) is 0 Å². The third kappa shape index (κ3) is 6.82. The summed E-state index contributed by atoms with van der Waals surface area (Å²) in [4.78, 5) is 17.1. The van der Waals surface area contributed by atoms with E-state index in [9.17, 15) is 28.2 Å². The van der Waals surface area contributed by atoms with E-state index in [0.29, 0.717) is 36.0 Å². The van der Waals surface area contributed by atoms with Gasteiger partial charge in [-0.3, -0.25) is 4.79 Å². The van der Waals surface area contributed by atoms with Crippen molar-refractivity contribution < 1.29 is 28.2 Å². The highest BCUT2D eigenvalue weighted by Gasteiger charge is 2.36. The number of halogens is 3. The molecule has 3 N–H and O–H groups in total. The Morgan fingerprint density at radius 1 is 1.24 bits per heavy atom. The zero-order valence-corrected chi connectivity index (χ0v) is 20.3. The van der Waals surface area contributed by atoms with E-state index in [1.54, 1.807) is 13.0 Å². The highest BCUT2D eigenvalue weighted by Crippen LogP contribution is 2.38. The monoisotopic (exact) mass is 500 g/mol. The molecule has 0 unspecified atom stereocenters. The molecule has 1 aromatic heterocycles. The average molecular weight is 501 g/mol. The molecule has 3 rings (SSSR count). The number of hydrogen-bond acceptors (Lipinski definition) is 7. The van der Waals surface area contributed by atoms with E-state index in [2.05, 4.69) is 33.4 Å². The molecule has 11 heteroatoms. The van der Waals surface area contributed by atoms with Crippen molar-refractivity contribution in [2.75, 3.05) is 16.8 Å². The van der Waals surface area contributed by atoms with Crippen LogP contribution in [-0.4, -0.2) is 44.2 Å². The van der Waals surface area contributed by atoms with Gasteiger partial charge in [0, 0.05) is 24.1 Å². The van der Waals surface area contributed by atoms with Crippen LogP contribution in [0.3, 0.4) is 0 Å². The maximum atomic E-state index is 13.0. The van der Waals surface area contributed by atoms with Gasteiger partial charge in [0.1, 0.15) is 0 Å². The molecule has 1 aliphatic carbocycles. The van der Waals surface area contributed by atoms with Crippen molar-refractivity contribution in [2.24, 2.45) is 5.92 Å². The van der Waals surface area contributed by atoms with Crippen LogP contribution in [0.4, 0.5) is 29.7 Å². The molecule has 1 aliphatic rings. The molecule has 0 radical (unpaired) electrons. The maximum absolute atomic E-state index is 13.0. The summed E-state index contributed by atoms with van der Waals surface area (Å²) in [5.41, 5.74) is 2.13. The summed E-state index contributed by atoms with van der Waals surface area (Å²) >= 11 is 0.628. The van der Waals surface area contributed by atoms with Gasteiger partial charge in [-0.15, -0.1) is 0 Å². The van der Waals surface area contributed by atoms with Crippen molar-refractivity contribution in [3.8, 4) is 0 Å². The summed E-state index contributed by atoms with van der Waals surface area (Å²) in [5.74, 6) is -2.08. The maximum Gasteiger partial charge on any atom is 0.452 e. The molecular weight excluding hydrogens is 469 g/mol. The Morgan fingerprint density at radius 2 is 1.91 bits per heavy atom. The molecule has 1 atom stereocenters. The number of anilines is 3. The van der Waals surface area contributed by atoms with Crippen molar-refractivity contribution in [2.45, 2.75) is 77.1 Å². The van der Waals surface area contributed by atoms with Crippen molar-refractivity contribution in [3.63, 3.8) is 0 Å². The van der Waals surface area contributed by atoms with E-state index in [0.717, 1.165) is 30.6 Å². The van der Waals surface area contributed by atoms with Gasteiger partial charge in [0.25, 0.3) is 0 Å². The Bertz CT molecular complexity index is 975. The second kappa shape index (κ2) is 10.9. The van der Waals surface area contributed by atoms with Crippen LogP contribution in [0, 0.1) is 5.92 Å². The largest absolute Gasteiger partial charge is 0.481 e. The molecule has 0 saturated heterocycles. The predicted molar refractivity (Wildman–Crippen MR) is 126 cm³/mol. The molecular formula is C23H31F3N4O3S. The van der Waals surface area contributed by atoms with Gasteiger partial charge in [0.05, 0.1) is 23.9 Å². The fraction of sp³-hybridized carbons (Fsp3) is 0.609. The second-order valence-electron chi connectivity index (χ2n) is 9.33. The minimum absolute atomic E-state index is 0.0141. The molecule has 1 heterocycles. The first-order chi connectivity index (χ1) is 15.9. The van der Waals surface area contributed by atoms with E-state index in [1.807, 2.05) is 12.1 Å². The normalized spacial score (nSPS) is 19.8. The lowest BCUT2D eigenvalue weighted by atomic mass is 9.90. The molecule has 1 aromatic carbocycles. The van der Waals surface area contributed by atoms with Gasteiger partial charge in [-0.1, -0.05) is 26.8 Å². The zero-order valence-electron chi connectivity index (χ0n) is 19.5. The van der Waals surface area contributed by atoms with Gasteiger partial charge >= 0.3 is 12.1 Å². The Balaban J connectivity index is 2.00. The smallest absolute Gasteiger partial charge is 0.452 e. The van der Waals surface area contributed by atoms with Gasteiger partial charge in [-0.05, 0) is 55.2 Å². The van der Waals surface area contributed by atoms with Crippen LogP contribution in [-0.2, 0) is 11.0 Å². The number of aliphatic carboxylic acids is 1. The molecule has 7 nitrogen and oxygen atoms in total. The third-order valence-electron chi connectivity index (χ3n) is 5.97. The predicted octanol–water partition coefficient (Wildman–Crippen LogP) is 5.64. The van der Waals surface area contributed by atoms with E-state index < -0.39 is 18.0 Å². The molecule has 0 bridgehead atoms. The number of rotatable bonds is 9. The first-order valence-electron chi connectivity index (χ1n) is 11.4. The van der Waals surface area contributed by atoms with Crippen LogP contribution in [0.1, 0.15) is 70.2 Å². The quantitative estimate of drug-likeness (QED) is 0.410. The Kier molecular flexibility index (Phi) is 8.40. The highest BCUT2D eigenvalue weighted by molar-refractivity contribution is 7.09. The lowest BCUT2D eigenvalue weighted by Gasteiger charge is -2.39. The average Bonchev–Trinajstić information content (AvgIpc) is 3.21. The highest BCUT2D eigenvalue weighted by atomic mass is 32.1. The first-order valence-corrected chi connectivity index (χ1v) is 12.2. The van der Waals surface area contributed by atoms with Gasteiger partial charge in [-0.25, -0.2) is 0 Å². The Morgan fingerprint density at radius 3 is 2.47 bits per heavy atom. The van der Waals surface area contributed by atoms with Crippen molar-refractivity contribution >= 4 is 34.0 Å². The summed E-state index contributed by atoms with van der Waals surface area (Å²) in [5, 5.41) is 22.2.